The number of nitrogens with zero attached hydrogens (tertiary/aromatic N) is 4. The van der Waals surface area contributed by atoms with Crippen molar-refractivity contribution < 1.29 is 37.9 Å². The summed E-state index contributed by atoms with van der Waals surface area (Å²) in [6, 6.07) is 9.24. The third-order valence-electron chi connectivity index (χ3n) is 6.73. The van der Waals surface area contributed by atoms with Crippen LogP contribution in [0.15, 0.2) is 43.0 Å². The van der Waals surface area contributed by atoms with Gasteiger partial charge in [0.2, 0.25) is 0 Å². The molecule has 3 aromatic rings. The van der Waals surface area contributed by atoms with E-state index in [2.05, 4.69) is 37.0 Å². The standard InChI is InChI=1S/C25H33N6O8P/c1-2-3-4-8-11-26-25(32)30-22-19-23(28-14-27-22)31(15-29-19)24-21-20(17(37-24)13-36-40(33,34)35)38-18(39-21)12-16-9-6-5-7-10-16/h5-7,9-10,14-15,17-18,20-21,24H,2-4,8,11-13H2,1H3,(H2,33,34,35)(H2,26,27,28,30,32)/p-1/t17-,18?,20?,21+,24-/m1/s1. The number of carbonyl (C=O) groups excluding carboxylic acids is 1. The van der Waals surface area contributed by atoms with E-state index in [0.717, 1.165) is 31.2 Å². The number of urea groups is 1. The number of benzene rings is 1. The third kappa shape index (κ3) is 6.84. The summed E-state index contributed by atoms with van der Waals surface area (Å²) < 4.78 is 36.0. The van der Waals surface area contributed by atoms with Gasteiger partial charge in [0, 0.05) is 13.0 Å². The minimum atomic E-state index is -4.99. The SMILES string of the molecule is CCCCCCNC(=O)Nc1ncnc2c1ncn2[C@@H]1O[C@H](COP(=O)([O-])O)C2OC(Cc3ccccc3)O[C@@H]21. The molecule has 4 heterocycles. The van der Waals surface area contributed by atoms with E-state index in [-0.39, 0.29) is 5.82 Å². The first-order chi connectivity index (χ1) is 19.3. The number of hydrogen-bond acceptors (Lipinski definition) is 10. The van der Waals surface area contributed by atoms with Crippen LogP contribution in [-0.2, 0) is 29.7 Å². The van der Waals surface area contributed by atoms with Crippen molar-refractivity contribution in [2.75, 3.05) is 18.5 Å². The number of unbranched alkanes of at least 4 members (excludes halogenated alkanes) is 3. The molecule has 5 rings (SSSR count). The van der Waals surface area contributed by atoms with Crippen molar-refractivity contribution in [3.05, 3.63) is 48.5 Å². The lowest BCUT2D eigenvalue weighted by Crippen LogP contribution is -2.32. The molecule has 2 saturated heterocycles. The summed E-state index contributed by atoms with van der Waals surface area (Å²) in [5, 5.41) is 5.53. The fourth-order valence-corrected chi connectivity index (χ4v) is 5.20. The lowest BCUT2D eigenvalue weighted by atomic mass is 10.1. The van der Waals surface area contributed by atoms with Crippen molar-refractivity contribution in [3.8, 4) is 0 Å². The minimum absolute atomic E-state index is 0.224. The Hall–Kier alpha value is -2.97. The highest BCUT2D eigenvalue weighted by Gasteiger charge is 2.54. The van der Waals surface area contributed by atoms with Gasteiger partial charge in [-0.1, -0.05) is 56.5 Å². The van der Waals surface area contributed by atoms with Crippen LogP contribution in [0, 0.1) is 0 Å². The van der Waals surface area contributed by atoms with Crippen molar-refractivity contribution >= 4 is 30.8 Å². The van der Waals surface area contributed by atoms with E-state index in [1.165, 1.54) is 12.7 Å². The van der Waals surface area contributed by atoms with Gasteiger partial charge >= 0.3 is 6.03 Å². The van der Waals surface area contributed by atoms with Crippen LogP contribution in [0.1, 0.15) is 44.4 Å². The summed E-state index contributed by atoms with van der Waals surface area (Å²) in [5.74, 6) is 0.224. The summed E-state index contributed by atoms with van der Waals surface area (Å²) in [5.41, 5.74) is 1.70. The molecule has 0 spiro atoms. The average Bonchev–Trinajstić information content (AvgIpc) is 3.62. The topological polar surface area (TPSA) is 182 Å². The number of fused-ring (bicyclic) bond motifs is 2. The minimum Gasteiger partial charge on any atom is -0.756 e. The van der Waals surface area contributed by atoms with Crippen molar-refractivity contribution in [3.63, 3.8) is 0 Å². The molecule has 3 unspecified atom stereocenters. The Morgan fingerprint density at radius 1 is 1.12 bits per heavy atom. The summed E-state index contributed by atoms with van der Waals surface area (Å²) in [6.45, 7) is 2.20. The molecule has 0 aliphatic carbocycles. The number of amides is 2. The molecular formula is C25H32N6O8P-. The molecule has 6 atom stereocenters. The van der Waals surface area contributed by atoms with Crippen LogP contribution < -0.4 is 15.5 Å². The third-order valence-corrected chi connectivity index (χ3v) is 7.21. The van der Waals surface area contributed by atoms with Gasteiger partial charge in [-0.05, 0) is 12.0 Å². The number of hydrogen-bond donors (Lipinski definition) is 3. The van der Waals surface area contributed by atoms with Crippen molar-refractivity contribution in [2.24, 2.45) is 0 Å². The van der Waals surface area contributed by atoms with Crippen LogP contribution in [0.5, 0.6) is 0 Å². The molecule has 0 radical (unpaired) electrons. The molecule has 1 aromatic carbocycles. The molecule has 14 nitrogen and oxygen atoms in total. The van der Waals surface area contributed by atoms with Gasteiger partial charge in [0.15, 0.2) is 29.5 Å². The Kier molecular flexibility index (Phi) is 9.06. The van der Waals surface area contributed by atoms with Gasteiger partial charge in [-0.25, -0.2) is 19.7 Å². The van der Waals surface area contributed by atoms with Crippen LogP contribution in [-0.4, -0.2) is 68.2 Å². The molecule has 2 aromatic heterocycles. The van der Waals surface area contributed by atoms with Crippen LogP contribution in [0.4, 0.5) is 10.6 Å². The molecule has 216 valence electrons. The maximum absolute atomic E-state index is 12.4. The number of imidazole rings is 1. The van der Waals surface area contributed by atoms with E-state index < -0.39 is 51.3 Å². The largest absolute Gasteiger partial charge is 0.756 e. The Morgan fingerprint density at radius 3 is 2.70 bits per heavy atom. The molecule has 0 bridgehead atoms. The summed E-state index contributed by atoms with van der Waals surface area (Å²) in [6.07, 6.45) is 3.72. The number of anilines is 1. The van der Waals surface area contributed by atoms with Crippen molar-refractivity contribution in [1.29, 1.82) is 0 Å². The molecule has 2 aliphatic heterocycles. The number of phosphoric ester groups is 1. The average molecular weight is 576 g/mol. The first-order valence-electron chi connectivity index (χ1n) is 13.2. The second kappa shape index (κ2) is 12.7. The number of carbonyl (C=O) groups is 1. The number of phosphoric acid groups is 1. The molecule has 0 saturated carbocycles. The second-order valence-corrected chi connectivity index (χ2v) is 10.8. The maximum Gasteiger partial charge on any atom is 0.320 e. The fraction of sp³-hybridized carbons (Fsp3) is 0.520. The van der Waals surface area contributed by atoms with Gasteiger partial charge in [-0.3, -0.25) is 14.4 Å². The summed E-state index contributed by atoms with van der Waals surface area (Å²) in [4.78, 5) is 45.7. The van der Waals surface area contributed by atoms with Crippen LogP contribution >= 0.6 is 7.82 Å². The molecule has 2 aliphatic rings. The maximum atomic E-state index is 12.4. The van der Waals surface area contributed by atoms with E-state index in [9.17, 15) is 14.3 Å². The zero-order valence-corrected chi connectivity index (χ0v) is 22.8. The Balaban J connectivity index is 1.33. The van der Waals surface area contributed by atoms with Gasteiger partial charge < -0.3 is 33.8 Å². The predicted molar refractivity (Wildman–Crippen MR) is 140 cm³/mol. The fourth-order valence-electron chi connectivity index (χ4n) is 4.86. The van der Waals surface area contributed by atoms with Gasteiger partial charge in [-0.2, -0.15) is 0 Å². The first kappa shape index (κ1) is 28.6. The first-order valence-corrected chi connectivity index (χ1v) is 14.7. The molecule has 15 heteroatoms. The zero-order chi connectivity index (χ0) is 28.1. The normalized spacial score (nSPS) is 25.5. The number of rotatable bonds is 12. The Morgan fingerprint density at radius 2 is 1.93 bits per heavy atom. The van der Waals surface area contributed by atoms with E-state index in [0.29, 0.717) is 24.1 Å². The number of nitrogens with one attached hydrogen (secondary N) is 2. The van der Waals surface area contributed by atoms with Crippen LogP contribution in [0.3, 0.4) is 0 Å². The Bertz CT molecular complexity index is 1340. The van der Waals surface area contributed by atoms with Crippen molar-refractivity contribution in [2.45, 2.75) is 69.9 Å². The summed E-state index contributed by atoms with van der Waals surface area (Å²) >= 11 is 0. The lowest BCUT2D eigenvalue weighted by Gasteiger charge is -2.23. The number of ether oxygens (including phenoxy) is 3. The van der Waals surface area contributed by atoms with Crippen LogP contribution in [0.25, 0.3) is 11.2 Å². The Labute approximate surface area is 230 Å². The highest BCUT2D eigenvalue weighted by Crippen LogP contribution is 2.43. The van der Waals surface area contributed by atoms with E-state index in [1.54, 1.807) is 4.57 Å². The smallest absolute Gasteiger partial charge is 0.320 e. The van der Waals surface area contributed by atoms with Gasteiger partial charge in [0.05, 0.1) is 12.9 Å². The quantitative estimate of drug-likeness (QED) is 0.213. The molecule has 3 N–H and O–H groups in total. The second-order valence-electron chi connectivity index (χ2n) is 9.64. The van der Waals surface area contributed by atoms with E-state index in [4.69, 9.17) is 19.1 Å². The summed E-state index contributed by atoms with van der Waals surface area (Å²) in [7, 11) is -4.99. The van der Waals surface area contributed by atoms with Gasteiger partial charge in [0.1, 0.15) is 24.6 Å². The predicted octanol–water partition coefficient (Wildman–Crippen LogP) is 2.26. The zero-order valence-electron chi connectivity index (χ0n) is 21.9. The molecule has 40 heavy (non-hydrogen) atoms. The van der Waals surface area contributed by atoms with E-state index in [1.807, 2.05) is 30.3 Å². The van der Waals surface area contributed by atoms with Crippen LogP contribution in [0.2, 0.25) is 0 Å². The molecular weight excluding hydrogens is 543 g/mol. The van der Waals surface area contributed by atoms with E-state index >= 15 is 0 Å². The van der Waals surface area contributed by atoms with Crippen molar-refractivity contribution in [1.82, 2.24) is 24.8 Å². The lowest BCUT2D eigenvalue weighted by molar-refractivity contribution is -0.224. The highest BCUT2D eigenvalue weighted by atomic mass is 31.2. The van der Waals surface area contributed by atoms with Gasteiger partial charge in [-0.15, -0.1) is 0 Å². The molecule has 2 fully saturated rings. The highest BCUT2D eigenvalue weighted by molar-refractivity contribution is 7.44. The van der Waals surface area contributed by atoms with Gasteiger partial charge in [0.25, 0.3) is 7.82 Å². The monoisotopic (exact) mass is 575 g/mol. The molecule has 2 amide bonds. The number of aromatic nitrogens is 4.